The first-order valence-electron chi connectivity index (χ1n) is 6.02. The molecule has 4 nitrogen and oxygen atoms in total. The van der Waals surface area contributed by atoms with Crippen LogP contribution in [-0.4, -0.2) is 13.1 Å². The zero-order valence-corrected chi connectivity index (χ0v) is 12.8. The number of nitrogens with two attached hydrogens (primary N) is 1. The van der Waals surface area contributed by atoms with Crippen molar-refractivity contribution in [2.75, 3.05) is 18.2 Å². The number of nitrogens with one attached hydrogen (secondary N) is 1. The Morgan fingerprint density at radius 2 is 1.85 bits per heavy atom. The number of nitrogen functional groups attached to an aromatic ring is 1. The predicted molar refractivity (Wildman–Crippen MR) is 84.4 cm³/mol. The van der Waals surface area contributed by atoms with Crippen LogP contribution in [0.5, 0.6) is 0 Å². The number of benzene rings is 2. The van der Waals surface area contributed by atoms with Crippen LogP contribution in [0, 0.1) is 6.92 Å². The van der Waals surface area contributed by atoms with Gasteiger partial charge in [0, 0.05) is 21.5 Å². The molecule has 0 saturated carbocycles. The molecule has 104 valence electrons. The van der Waals surface area contributed by atoms with Gasteiger partial charge in [-0.05, 0) is 42.8 Å². The molecule has 2 rings (SSSR count). The summed E-state index contributed by atoms with van der Waals surface area (Å²) in [5.41, 5.74) is 9.36. The van der Waals surface area contributed by atoms with Gasteiger partial charge in [0.2, 0.25) is 0 Å². The number of anilines is 3. The molecule has 0 radical (unpaired) electrons. The Bertz CT molecular complexity index is 656. The van der Waals surface area contributed by atoms with E-state index in [-0.39, 0.29) is 0 Å². The number of halogens is 1. The second-order valence-electron chi connectivity index (χ2n) is 4.38. The number of hydrogen-bond donors (Lipinski definition) is 2. The molecule has 0 aliphatic rings. The molecule has 0 aromatic heterocycles. The molecule has 0 bridgehead atoms. The quantitative estimate of drug-likeness (QED) is 0.660. The lowest BCUT2D eigenvalue weighted by atomic mass is 10.1. The van der Waals surface area contributed by atoms with Gasteiger partial charge in [0.25, 0.3) is 0 Å². The number of methoxy groups -OCH3 is 1. The summed E-state index contributed by atoms with van der Waals surface area (Å²) < 4.78 is 5.72. The summed E-state index contributed by atoms with van der Waals surface area (Å²) in [7, 11) is 1.33. The Morgan fingerprint density at radius 1 is 1.20 bits per heavy atom. The monoisotopic (exact) mass is 334 g/mol. The summed E-state index contributed by atoms with van der Waals surface area (Å²) in [6.45, 7) is 2.02. The van der Waals surface area contributed by atoms with Gasteiger partial charge < -0.3 is 15.8 Å². The number of carbonyl (C=O) groups excluding carboxylic acids is 1. The Kier molecular flexibility index (Phi) is 4.29. The van der Waals surface area contributed by atoms with Crippen LogP contribution in [0.2, 0.25) is 0 Å². The topological polar surface area (TPSA) is 64.3 Å². The van der Waals surface area contributed by atoms with Gasteiger partial charge in [-0.3, -0.25) is 0 Å². The largest absolute Gasteiger partial charge is 0.465 e. The molecule has 3 N–H and O–H groups in total. The van der Waals surface area contributed by atoms with E-state index < -0.39 is 5.97 Å². The van der Waals surface area contributed by atoms with Crippen molar-refractivity contribution in [2.45, 2.75) is 6.92 Å². The van der Waals surface area contributed by atoms with E-state index in [1.54, 1.807) is 12.1 Å². The van der Waals surface area contributed by atoms with Crippen molar-refractivity contribution in [3.8, 4) is 0 Å². The zero-order valence-electron chi connectivity index (χ0n) is 11.2. The van der Waals surface area contributed by atoms with Crippen LogP contribution in [0.15, 0.2) is 40.9 Å². The molecule has 0 amide bonds. The lowest BCUT2D eigenvalue weighted by Gasteiger charge is -2.10. The fourth-order valence-corrected chi connectivity index (χ4v) is 2.14. The summed E-state index contributed by atoms with van der Waals surface area (Å²) in [6, 6.07) is 11.1. The molecule has 0 atom stereocenters. The molecule has 0 unspecified atom stereocenters. The number of aryl methyl sites for hydroxylation is 1. The Hall–Kier alpha value is -2.01. The standard InChI is InChI=1S/C15H15BrN2O2/c1-9-3-4-11(8-13(9)16)18-10-5-6-14(17)12(7-10)15(19)20-2/h3-8,18H,17H2,1-2H3. The van der Waals surface area contributed by atoms with Gasteiger partial charge in [0.15, 0.2) is 0 Å². The lowest BCUT2D eigenvalue weighted by Crippen LogP contribution is -2.06. The highest BCUT2D eigenvalue weighted by Gasteiger charge is 2.10. The number of rotatable bonds is 3. The van der Waals surface area contributed by atoms with Crippen molar-refractivity contribution in [3.63, 3.8) is 0 Å². The van der Waals surface area contributed by atoms with Crippen LogP contribution < -0.4 is 11.1 Å². The Balaban J connectivity index is 2.29. The zero-order chi connectivity index (χ0) is 14.7. The number of ether oxygens (including phenoxy) is 1. The molecular weight excluding hydrogens is 320 g/mol. The van der Waals surface area contributed by atoms with Crippen LogP contribution in [0.4, 0.5) is 17.1 Å². The van der Waals surface area contributed by atoms with Gasteiger partial charge in [0.05, 0.1) is 12.7 Å². The molecule has 2 aromatic carbocycles. The first kappa shape index (κ1) is 14.4. The summed E-state index contributed by atoms with van der Waals surface area (Å²) in [6.07, 6.45) is 0. The van der Waals surface area contributed by atoms with Crippen molar-refractivity contribution in [3.05, 3.63) is 52.0 Å². The van der Waals surface area contributed by atoms with Crippen LogP contribution in [0.25, 0.3) is 0 Å². The average molecular weight is 335 g/mol. The SMILES string of the molecule is COC(=O)c1cc(Nc2ccc(C)c(Br)c2)ccc1N. The molecule has 0 aliphatic carbocycles. The summed E-state index contributed by atoms with van der Waals surface area (Å²) in [4.78, 5) is 11.6. The highest BCUT2D eigenvalue weighted by Crippen LogP contribution is 2.25. The van der Waals surface area contributed by atoms with Crippen molar-refractivity contribution >= 4 is 39.0 Å². The fourth-order valence-electron chi connectivity index (χ4n) is 1.76. The third-order valence-electron chi connectivity index (χ3n) is 2.92. The second-order valence-corrected chi connectivity index (χ2v) is 5.24. The van der Waals surface area contributed by atoms with Crippen LogP contribution in [-0.2, 0) is 4.74 Å². The van der Waals surface area contributed by atoms with E-state index >= 15 is 0 Å². The van der Waals surface area contributed by atoms with Crippen molar-refractivity contribution in [2.24, 2.45) is 0 Å². The van der Waals surface area contributed by atoms with E-state index in [2.05, 4.69) is 21.2 Å². The van der Waals surface area contributed by atoms with Gasteiger partial charge in [0.1, 0.15) is 0 Å². The molecule has 2 aromatic rings. The van der Waals surface area contributed by atoms with E-state index in [4.69, 9.17) is 10.5 Å². The maximum atomic E-state index is 11.6. The smallest absolute Gasteiger partial charge is 0.340 e. The van der Waals surface area contributed by atoms with Crippen molar-refractivity contribution in [1.82, 2.24) is 0 Å². The van der Waals surface area contributed by atoms with Gasteiger partial charge in [-0.25, -0.2) is 4.79 Å². The molecule has 20 heavy (non-hydrogen) atoms. The minimum Gasteiger partial charge on any atom is -0.465 e. The van der Waals surface area contributed by atoms with Gasteiger partial charge >= 0.3 is 5.97 Å². The molecule has 0 heterocycles. The first-order valence-corrected chi connectivity index (χ1v) is 6.81. The average Bonchev–Trinajstić information content (AvgIpc) is 2.44. The van der Waals surface area contributed by atoms with Gasteiger partial charge in [-0.2, -0.15) is 0 Å². The van der Waals surface area contributed by atoms with E-state index in [0.717, 1.165) is 21.4 Å². The van der Waals surface area contributed by atoms with Gasteiger partial charge in [-0.1, -0.05) is 22.0 Å². The van der Waals surface area contributed by atoms with Crippen LogP contribution >= 0.6 is 15.9 Å². The molecule has 0 fully saturated rings. The molecule has 5 heteroatoms. The summed E-state index contributed by atoms with van der Waals surface area (Å²) in [5.74, 6) is -0.448. The van der Waals surface area contributed by atoms with E-state index in [1.165, 1.54) is 7.11 Å². The normalized spacial score (nSPS) is 10.2. The maximum Gasteiger partial charge on any atom is 0.340 e. The third-order valence-corrected chi connectivity index (χ3v) is 3.77. The van der Waals surface area contributed by atoms with Crippen molar-refractivity contribution < 1.29 is 9.53 Å². The highest BCUT2D eigenvalue weighted by atomic mass is 79.9. The van der Waals surface area contributed by atoms with E-state index in [9.17, 15) is 4.79 Å². The third kappa shape index (κ3) is 3.11. The highest BCUT2D eigenvalue weighted by molar-refractivity contribution is 9.10. The van der Waals surface area contributed by atoms with Crippen LogP contribution in [0.3, 0.4) is 0 Å². The van der Waals surface area contributed by atoms with Crippen LogP contribution in [0.1, 0.15) is 15.9 Å². The lowest BCUT2D eigenvalue weighted by molar-refractivity contribution is 0.0602. The summed E-state index contributed by atoms with van der Waals surface area (Å²) in [5, 5.41) is 3.23. The van der Waals surface area contributed by atoms with E-state index in [1.807, 2.05) is 31.2 Å². The fraction of sp³-hybridized carbons (Fsp3) is 0.133. The number of carbonyl (C=O) groups is 1. The summed E-state index contributed by atoms with van der Waals surface area (Å²) >= 11 is 3.49. The maximum absolute atomic E-state index is 11.6. The molecule has 0 aliphatic heterocycles. The molecule has 0 saturated heterocycles. The number of esters is 1. The minimum atomic E-state index is -0.448. The molecular formula is C15H15BrN2O2. The predicted octanol–water partition coefficient (Wildman–Crippen LogP) is 3.87. The van der Waals surface area contributed by atoms with E-state index in [0.29, 0.717) is 11.3 Å². The number of hydrogen-bond acceptors (Lipinski definition) is 4. The molecule has 0 spiro atoms. The Morgan fingerprint density at radius 3 is 2.50 bits per heavy atom. The Labute approximate surface area is 126 Å². The minimum absolute atomic E-state index is 0.351. The second kappa shape index (κ2) is 5.96. The van der Waals surface area contributed by atoms with Gasteiger partial charge in [-0.15, -0.1) is 0 Å². The first-order chi connectivity index (χ1) is 9.51. The van der Waals surface area contributed by atoms with Crippen molar-refractivity contribution in [1.29, 1.82) is 0 Å².